The number of benzene rings is 1. The van der Waals surface area contributed by atoms with Gasteiger partial charge in [0.15, 0.2) is 0 Å². The predicted molar refractivity (Wildman–Crippen MR) is 73.4 cm³/mol. The fraction of sp³-hybridized carbons (Fsp3) is 0.400. The van der Waals surface area contributed by atoms with Gasteiger partial charge in [-0.3, -0.25) is 9.59 Å². The number of nitrogens with zero attached hydrogens (tertiary/aromatic N) is 3. The summed E-state index contributed by atoms with van der Waals surface area (Å²) in [5.41, 5.74) is 0.732. The van der Waals surface area contributed by atoms with Gasteiger partial charge >= 0.3 is 11.8 Å². The van der Waals surface area contributed by atoms with Crippen LogP contribution < -0.4 is 0 Å². The lowest BCUT2D eigenvalue weighted by atomic mass is 10.1. The topological polar surface area (TPSA) is 64.4 Å². The van der Waals surface area contributed by atoms with E-state index >= 15 is 0 Å². The third-order valence-corrected chi connectivity index (χ3v) is 3.44. The summed E-state index contributed by atoms with van der Waals surface area (Å²) >= 11 is 0. The Labute approximate surface area is 122 Å². The van der Waals surface area contributed by atoms with Gasteiger partial charge in [0.25, 0.3) is 0 Å². The molecule has 21 heavy (non-hydrogen) atoms. The number of carbonyl (C=O) groups is 2. The van der Waals surface area contributed by atoms with Crippen LogP contribution in [0.25, 0.3) is 0 Å². The second-order valence-electron chi connectivity index (χ2n) is 4.93. The number of carbonyl (C=O) groups excluding carboxylic acids is 2. The van der Waals surface area contributed by atoms with Crippen LogP contribution in [0.3, 0.4) is 0 Å². The minimum Gasteiger partial charge on any atom is -0.333 e. The number of rotatable bonds is 4. The first-order valence-electron chi connectivity index (χ1n) is 6.83. The standard InChI is InChI=1S/C15H16FN3O2/c1-2-5-18-6-7-19(15(21)14(18)20)10-12-8-13(16)4-3-11(12)9-17/h3-4,8H,2,5-7,10H2,1H3. The average molecular weight is 289 g/mol. The lowest BCUT2D eigenvalue weighted by Gasteiger charge is -2.33. The van der Waals surface area contributed by atoms with Gasteiger partial charge in [-0.1, -0.05) is 6.92 Å². The summed E-state index contributed by atoms with van der Waals surface area (Å²) in [6.07, 6.45) is 0.793. The van der Waals surface area contributed by atoms with E-state index < -0.39 is 17.6 Å². The summed E-state index contributed by atoms with van der Waals surface area (Å²) in [5, 5.41) is 9.02. The third-order valence-electron chi connectivity index (χ3n) is 3.44. The molecular weight excluding hydrogens is 273 g/mol. The van der Waals surface area contributed by atoms with Gasteiger partial charge in [-0.05, 0) is 30.2 Å². The summed E-state index contributed by atoms with van der Waals surface area (Å²) in [5.74, 6) is -1.59. The fourth-order valence-electron chi connectivity index (χ4n) is 2.36. The molecule has 2 rings (SSSR count). The van der Waals surface area contributed by atoms with Crippen molar-refractivity contribution in [2.45, 2.75) is 19.9 Å². The number of piperazine rings is 1. The van der Waals surface area contributed by atoms with E-state index in [9.17, 15) is 14.0 Å². The quantitative estimate of drug-likeness (QED) is 0.784. The summed E-state index contributed by atoms with van der Waals surface area (Å²) in [7, 11) is 0. The van der Waals surface area contributed by atoms with E-state index in [2.05, 4.69) is 0 Å². The first-order chi connectivity index (χ1) is 10.1. The number of hydrogen-bond donors (Lipinski definition) is 0. The largest absolute Gasteiger partial charge is 0.333 e. The molecule has 0 unspecified atom stereocenters. The molecule has 0 spiro atoms. The maximum Gasteiger partial charge on any atom is 0.312 e. The molecular formula is C15H16FN3O2. The molecule has 110 valence electrons. The molecule has 0 N–H and O–H groups in total. The zero-order valence-corrected chi connectivity index (χ0v) is 11.8. The lowest BCUT2D eigenvalue weighted by molar-refractivity contribution is -0.156. The van der Waals surface area contributed by atoms with Crippen LogP contribution in [0.1, 0.15) is 24.5 Å². The van der Waals surface area contributed by atoms with Gasteiger partial charge in [-0.2, -0.15) is 5.26 Å². The Morgan fingerprint density at radius 1 is 1.24 bits per heavy atom. The number of amides is 2. The van der Waals surface area contributed by atoms with Crippen molar-refractivity contribution in [1.82, 2.24) is 9.80 Å². The molecule has 6 heteroatoms. The monoisotopic (exact) mass is 289 g/mol. The van der Waals surface area contributed by atoms with Crippen molar-refractivity contribution in [3.63, 3.8) is 0 Å². The first-order valence-corrected chi connectivity index (χ1v) is 6.83. The molecule has 0 saturated carbocycles. The van der Waals surface area contributed by atoms with E-state index in [1.165, 1.54) is 28.0 Å². The van der Waals surface area contributed by atoms with Gasteiger partial charge in [-0.15, -0.1) is 0 Å². The molecule has 1 aromatic rings. The molecule has 0 aromatic heterocycles. The summed E-state index contributed by atoms with van der Waals surface area (Å²) in [4.78, 5) is 26.9. The van der Waals surface area contributed by atoms with Crippen molar-refractivity contribution in [2.75, 3.05) is 19.6 Å². The highest BCUT2D eigenvalue weighted by Gasteiger charge is 2.32. The zero-order chi connectivity index (χ0) is 15.4. The van der Waals surface area contributed by atoms with Crippen molar-refractivity contribution in [2.24, 2.45) is 0 Å². The molecule has 1 aliphatic heterocycles. The molecule has 1 heterocycles. The summed E-state index contributed by atoms with van der Waals surface area (Å²) < 4.78 is 13.3. The highest BCUT2D eigenvalue weighted by atomic mass is 19.1. The molecule has 1 saturated heterocycles. The van der Waals surface area contributed by atoms with E-state index in [1.54, 1.807) is 0 Å². The first kappa shape index (κ1) is 15.0. The minimum absolute atomic E-state index is 0.0746. The van der Waals surface area contributed by atoms with Crippen molar-refractivity contribution in [3.8, 4) is 6.07 Å². The average Bonchev–Trinajstić information content (AvgIpc) is 2.47. The predicted octanol–water partition coefficient (Wildman–Crippen LogP) is 1.28. The van der Waals surface area contributed by atoms with Crippen LogP contribution in [0.2, 0.25) is 0 Å². The van der Waals surface area contributed by atoms with Crippen molar-refractivity contribution in [3.05, 3.63) is 35.1 Å². The van der Waals surface area contributed by atoms with Gasteiger partial charge in [0, 0.05) is 26.2 Å². The Balaban J connectivity index is 2.15. The normalized spacial score (nSPS) is 15.3. The van der Waals surface area contributed by atoms with Gasteiger partial charge < -0.3 is 9.80 Å². The highest BCUT2D eigenvalue weighted by molar-refractivity contribution is 6.35. The second-order valence-corrected chi connectivity index (χ2v) is 4.93. The second kappa shape index (κ2) is 6.35. The Hall–Kier alpha value is -2.42. The number of nitriles is 1. The Morgan fingerprint density at radius 3 is 2.57 bits per heavy atom. The van der Waals surface area contributed by atoms with Crippen LogP contribution in [-0.2, 0) is 16.1 Å². The van der Waals surface area contributed by atoms with Gasteiger partial charge in [0.05, 0.1) is 11.6 Å². The van der Waals surface area contributed by atoms with Crippen LogP contribution in [0.15, 0.2) is 18.2 Å². The van der Waals surface area contributed by atoms with E-state index in [0.717, 1.165) is 6.42 Å². The summed E-state index contributed by atoms with van der Waals surface area (Å²) in [6, 6.07) is 5.78. The molecule has 1 aromatic carbocycles. The van der Waals surface area contributed by atoms with Crippen molar-refractivity contribution < 1.29 is 14.0 Å². The molecule has 1 fully saturated rings. The molecule has 0 aliphatic carbocycles. The van der Waals surface area contributed by atoms with Crippen LogP contribution in [0, 0.1) is 17.1 Å². The molecule has 5 nitrogen and oxygen atoms in total. The number of hydrogen-bond acceptors (Lipinski definition) is 3. The fourth-order valence-corrected chi connectivity index (χ4v) is 2.36. The Morgan fingerprint density at radius 2 is 1.90 bits per heavy atom. The smallest absolute Gasteiger partial charge is 0.312 e. The highest BCUT2D eigenvalue weighted by Crippen LogP contribution is 2.16. The van der Waals surface area contributed by atoms with E-state index in [4.69, 9.17) is 5.26 Å². The maximum atomic E-state index is 13.3. The van der Waals surface area contributed by atoms with Crippen LogP contribution in [0.4, 0.5) is 4.39 Å². The Bertz CT molecular complexity index is 609. The van der Waals surface area contributed by atoms with Gasteiger partial charge in [-0.25, -0.2) is 4.39 Å². The van der Waals surface area contributed by atoms with E-state index in [0.29, 0.717) is 30.8 Å². The van der Waals surface area contributed by atoms with Crippen molar-refractivity contribution in [1.29, 1.82) is 5.26 Å². The molecule has 2 amide bonds. The van der Waals surface area contributed by atoms with Gasteiger partial charge in [0.1, 0.15) is 5.82 Å². The molecule has 0 atom stereocenters. The third kappa shape index (κ3) is 3.19. The van der Waals surface area contributed by atoms with Crippen LogP contribution in [-0.4, -0.2) is 41.2 Å². The molecule has 0 bridgehead atoms. The zero-order valence-electron chi connectivity index (χ0n) is 11.8. The summed E-state index contributed by atoms with van der Waals surface area (Å²) in [6.45, 7) is 3.44. The van der Waals surface area contributed by atoms with Crippen LogP contribution in [0.5, 0.6) is 0 Å². The van der Waals surface area contributed by atoms with Crippen molar-refractivity contribution >= 4 is 11.8 Å². The van der Waals surface area contributed by atoms with E-state index in [1.807, 2.05) is 13.0 Å². The minimum atomic E-state index is -0.595. The molecule has 1 aliphatic rings. The Kier molecular flexibility index (Phi) is 4.53. The van der Waals surface area contributed by atoms with Crippen LogP contribution >= 0.6 is 0 Å². The van der Waals surface area contributed by atoms with E-state index in [-0.39, 0.29) is 6.54 Å². The number of halogens is 1. The van der Waals surface area contributed by atoms with Gasteiger partial charge in [0.2, 0.25) is 0 Å². The lowest BCUT2D eigenvalue weighted by Crippen LogP contribution is -2.54. The SMILES string of the molecule is CCCN1CCN(Cc2cc(F)ccc2C#N)C(=O)C1=O. The maximum absolute atomic E-state index is 13.3. The molecule has 0 radical (unpaired) electrons.